The molecule has 1 aliphatic heterocycles. The first kappa shape index (κ1) is 24.4. The summed E-state index contributed by atoms with van der Waals surface area (Å²) in [4.78, 5) is 0. The van der Waals surface area contributed by atoms with Crippen LogP contribution >= 0.6 is 0 Å². The molecule has 0 saturated heterocycles. The summed E-state index contributed by atoms with van der Waals surface area (Å²) < 4.78 is 6.47. The molecule has 0 amide bonds. The molecule has 1 aliphatic rings. The third-order valence-corrected chi connectivity index (χ3v) is 8.34. The van der Waals surface area contributed by atoms with Gasteiger partial charge < -0.3 is 4.74 Å². The maximum Gasteiger partial charge on any atom is 0.135 e. The molecule has 198 valence electrons. The quantitative estimate of drug-likeness (QED) is 0.218. The summed E-state index contributed by atoms with van der Waals surface area (Å²) in [6.45, 7) is 2.05. The summed E-state index contributed by atoms with van der Waals surface area (Å²) in [6.07, 6.45) is 6.38. The van der Waals surface area contributed by atoms with E-state index in [9.17, 15) is 0 Å². The van der Waals surface area contributed by atoms with Crippen LogP contribution in [0.5, 0.6) is 11.5 Å². The van der Waals surface area contributed by atoms with Gasteiger partial charge in [0.1, 0.15) is 11.5 Å². The van der Waals surface area contributed by atoms with E-state index in [0.29, 0.717) is 0 Å². The van der Waals surface area contributed by atoms with Gasteiger partial charge in [-0.3, -0.25) is 0 Å². The lowest BCUT2D eigenvalue weighted by molar-refractivity contribution is 0.475. The number of fused-ring (bicyclic) bond motifs is 5. The van der Waals surface area contributed by atoms with Gasteiger partial charge in [-0.25, -0.2) is 0 Å². The molecule has 0 aliphatic carbocycles. The monoisotopic (exact) mass is 536 g/mol. The first-order valence-electron chi connectivity index (χ1n) is 14.5. The van der Waals surface area contributed by atoms with Gasteiger partial charge in [0.15, 0.2) is 0 Å². The van der Waals surface area contributed by atoms with Gasteiger partial charge in [0.25, 0.3) is 0 Å². The lowest BCUT2D eigenvalue weighted by Gasteiger charge is -2.24. The molecule has 0 spiro atoms. The van der Waals surface area contributed by atoms with Crippen molar-refractivity contribution < 1.29 is 4.74 Å². The first-order valence-corrected chi connectivity index (χ1v) is 14.5. The Morgan fingerprint density at radius 3 is 1.55 bits per heavy atom. The molecule has 0 saturated carbocycles. The normalized spacial score (nSPS) is 13.5. The molecule has 1 nitrogen and oxygen atoms in total. The zero-order valence-corrected chi connectivity index (χ0v) is 23.3. The van der Waals surface area contributed by atoms with Crippen LogP contribution in [0.2, 0.25) is 0 Å². The highest BCUT2D eigenvalue weighted by Gasteiger charge is 2.23. The number of hydrogen-bond acceptors (Lipinski definition) is 1. The van der Waals surface area contributed by atoms with Crippen LogP contribution in [-0.4, -0.2) is 0 Å². The van der Waals surface area contributed by atoms with Gasteiger partial charge in [0, 0.05) is 11.1 Å². The summed E-state index contributed by atoms with van der Waals surface area (Å²) >= 11 is 0. The smallest absolute Gasteiger partial charge is 0.135 e. The second kappa shape index (κ2) is 9.90. The maximum atomic E-state index is 6.47. The molecule has 0 aromatic heterocycles. The molecule has 0 N–H and O–H groups in total. The highest BCUT2D eigenvalue weighted by Crippen LogP contribution is 2.46. The van der Waals surface area contributed by atoms with Crippen molar-refractivity contribution in [3.63, 3.8) is 0 Å². The molecular weight excluding hydrogens is 508 g/mol. The fourth-order valence-corrected chi connectivity index (χ4v) is 6.13. The highest BCUT2D eigenvalue weighted by atomic mass is 16.5. The second-order valence-corrected chi connectivity index (χ2v) is 11.0. The average molecular weight is 537 g/mol. The second-order valence-electron chi connectivity index (χ2n) is 11.0. The Morgan fingerprint density at radius 2 is 0.905 bits per heavy atom. The van der Waals surface area contributed by atoms with E-state index in [1.165, 1.54) is 60.1 Å². The summed E-state index contributed by atoms with van der Waals surface area (Å²) in [7, 11) is 0. The number of benzene rings is 7. The van der Waals surface area contributed by atoms with Gasteiger partial charge in [-0.2, -0.15) is 0 Å². The molecular formula is C41H28O. The summed E-state index contributed by atoms with van der Waals surface area (Å²) in [5.74, 6) is 1.79. The zero-order chi connectivity index (χ0) is 28.0. The topological polar surface area (TPSA) is 9.23 Å². The van der Waals surface area contributed by atoms with Crippen molar-refractivity contribution in [1.82, 2.24) is 0 Å². The Bertz CT molecular complexity index is 2230. The van der Waals surface area contributed by atoms with Crippen LogP contribution in [0, 0.1) is 0 Å². The van der Waals surface area contributed by atoms with E-state index in [2.05, 4.69) is 159 Å². The molecule has 1 heterocycles. The molecule has 7 aromatic carbocycles. The average Bonchev–Trinajstić information content (AvgIpc) is 3.05. The zero-order valence-electron chi connectivity index (χ0n) is 23.3. The van der Waals surface area contributed by atoms with E-state index in [1.807, 2.05) is 0 Å². The first-order chi connectivity index (χ1) is 20.7. The molecule has 8 rings (SSSR count). The van der Waals surface area contributed by atoms with Gasteiger partial charge in [-0.05, 0) is 110 Å². The van der Waals surface area contributed by atoms with Crippen molar-refractivity contribution in [3.8, 4) is 33.8 Å². The third-order valence-electron chi connectivity index (χ3n) is 8.34. The molecule has 42 heavy (non-hydrogen) atoms. The van der Waals surface area contributed by atoms with Crippen LogP contribution in [0.4, 0.5) is 0 Å². The Morgan fingerprint density at radius 1 is 0.429 bits per heavy atom. The molecule has 1 heteroatoms. The SMILES string of the molecule is C/C=C\C=C1\c2cc(-c3ccc4cc(-c5ccc6ccccc6c5)ccc4c3)ccc2Oc2cc3ccccc3cc21. The fraction of sp³-hybridized carbons (Fsp3) is 0.0244. The van der Waals surface area contributed by atoms with E-state index < -0.39 is 0 Å². The third kappa shape index (κ3) is 4.19. The lowest BCUT2D eigenvalue weighted by atomic mass is 9.89. The Kier molecular flexibility index (Phi) is 5.75. The van der Waals surface area contributed by atoms with Gasteiger partial charge in [-0.15, -0.1) is 0 Å². The molecule has 0 unspecified atom stereocenters. The lowest BCUT2D eigenvalue weighted by Crippen LogP contribution is -2.03. The molecule has 0 bridgehead atoms. The van der Waals surface area contributed by atoms with Crippen LogP contribution in [0.15, 0.2) is 152 Å². The minimum Gasteiger partial charge on any atom is -0.456 e. The van der Waals surface area contributed by atoms with Crippen molar-refractivity contribution in [1.29, 1.82) is 0 Å². The highest BCUT2D eigenvalue weighted by molar-refractivity contribution is 5.97. The molecule has 0 fully saturated rings. The number of rotatable bonds is 3. The molecule has 0 atom stereocenters. The molecule has 7 aromatic rings. The summed E-state index contributed by atoms with van der Waals surface area (Å²) in [5.41, 5.74) is 8.25. The van der Waals surface area contributed by atoms with Crippen molar-refractivity contribution >= 4 is 37.9 Å². The predicted octanol–water partition coefficient (Wildman–Crippen LogP) is 11.6. The number of allylic oxidation sites excluding steroid dienone is 3. The van der Waals surface area contributed by atoms with Crippen molar-refractivity contribution in [3.05, 3.63) is 163 Å². The van der Waals surface area contributed by atoms with Gasteiger partial charge >= 0.3 is 0 Å². The predicted molar refractivity (Wildman–Crippen MR) is 178 cm³/mol. The number of ether oxygens (including phenoxy) is 1. The minimum absolute atomic E-state index is 0.887. The van der Waals surface area contributed by atoms with Crippen LogP contribution in [0.3, 0.4) is 0 Å². The summed E-state index contributed by atoms with van der Waals surface area (Å²) in [6, 6.07) is 48.2. The molecule has 0 radical (unpaired) electrons. The van der Waals surface area contributed by atoms with Crippen LogP contribution < -0.4 is 4.74 Å². The minimum atomic E-state index is 0.887. The van der Waals surface area contributed by atoms with E-state index in [0.717, 1.165) is 22.6 Å². The maximum absolute atomic E-state index is 6.47. The van der Waals surface area contributed by atoms with Gasteiger partial charge in [0.05, 0.1) is 0 Å². The Balaban J connectivity index is 1.18. The van der Waals surface area contributed by atoms with Crippen LogP contribution in [0.1, 0.15) is 18.1 Å². The standard InChI is InChI=1S/C41H28O/c1-2-3-12-37-38-25-36(19-20-40(38)42-41-26-30-11-7-6-10-29(30)24-39(37)41)35-18-17-33-22-32(15-16-34(33)23-35)31-14-13-27-8-4-5-9-28(27)21-31/h2-26H,1H3/b3-2-,37-12-. The van der Waals surface area contributed by atoms with Crippen LogP contribution in [0.25, 0.3) is 60.1 Å². The fourth-order valence-electron chi connectivity index (χ4n) is 6.13. The van der Waals surface area contributed by atoms with Crippen molar-refractivity contribution in [2.75, 3.05) is 0 Å². The Hall–Kier alpha value is -5.40. The van der Waals surface area contributed by atoms with Gasteiger partial charge in [-0.1, -0.05) is 109 Å². The Labute approximate surface area is 245 Å². The van der Waals surface area contributed by atoms with Crippen LogP contribution in [-0.2, 0) is 0 Å². The van der Waals surface area contributed by atoms with E-state index in [-0.39, 0.29) is 0 Å². The van der Waals surface area contributed by atoms with E-state index >= 15 is 0 Å². The van der Waals surface area contributed by atoms with E-state index in [1.54, 1.807) is 0 Å². The van der Waals surface area contributed by atoms with E-state index in [4.69, 9.17) is 4.74 Å². The van der Waals surface area contributed by atoms with Gasteiger partial charge in [0.2, 0.25) is 0 Å². The summed E-state index contributed by atoms with van der Waals surface area (Å²) in [5, 5.41) is 7.39. The van der Waals surface area contributed by atoms with Crippen molar-refractivity contribution in [2.45, 2.75) is 6.92 Å². The largest absolute Gasteiger partial charge is 0.456 e. The van der Waals surface area contributed by atoms with Crippen molar-refractivity contribution in [2.24, 2.45) is 0 Å². The number of hydrogen-bond donors (Lipinski definition) is 0.